The Morgan fingerprint density at radius 3 is 1.00 bits per heavy atom. The van der Waals surface area contributed by atoms with Crippen LogP contribution in [-0.4, -0.2) is 32.2 Å². The molecule has 0 amide bonds. The molecule has 41 valence electrons. The predicted molar refractivity (Wildman–Crippen MR) is 29.1 cm³/mol. The van der Waals surface area contributed by atoms with Crippen molar-refractivity contribution in [1.29, 1.82) is 0 Å². The van der Waals surface area contributed by atoms with Gasteiger partial charge in [0.05, 0.1) is 13.3 Å². The molecule has 0 fully saturated rings. The predicted octanol–water partition coefficient (Wildman–Crippen LogP) is 1.57. The van der Waals surface area contributed by atoms with E-state index in [4.69, 9.17) is 0 Å². The summed E-state index contributed by atoms with van der Waals surface area (Å²) < 4.78 is 20.6. The Labute approximate surface area is 55.5 Å². The molecule has 1 radical (unpaired) electrons. The quantitative estimate of drug-likeness (QED) is 0.408. The van der Waals surface area contributed by atoms with Crippen LogP contribution < -0.4 is 0 Å². The van der Waals surface area contributed by atoms with E-state index < -0.39 is 0 Å². The molecule has 0 aliphatic heterocycles. The molecule has 0 N–H and O–H groups in total. The molecule has 0 spiro atoms. The van der Waals surface area contributed by atoms with Gasteiger partial charge in [0, 0.05) is 18.9 Å². The minimum Gasteiger partial charge on any atom is -0.251 e. The second-order valence-corrected chi connectivity index (χ2v) is 0.535. The van der Waals surface area contributed by atoms with Gasteiger partial charge in [0.25, 0.3) is 0 Å². The van der Waals surface area contributed by atoms with Crippen molar-refractivity contribution >= 4 is 18.9 Å². The van der Waals surface area contributed by atoms with E-state index in [0.717, 1.165) is 0 Å². The van der Waals surface area contributed by atoms with Gasteiger partial charge in [-0.25, -0.2) is 0 Å². The second kappa shape index (κ2) is 31.8. The third kappa shape index (κ3) is 613. The molecule has 3 heteroatoms. The van der Waals surface area contributed by atoms with Gasteiger partial charge in [0.15, 0.2) is 0 Å². The summed E-state index contributed by atoms with van der Waals surface area (Å²) in [5, 5.41) is 0. The zero-order valence-electron chi connectivity index (χ0n) is 5.17. The molecule has 0 aromatic carbocycles. The van der Waals surface area contributed by atoms with Crippen molar-refractivity contribution in [2.45, 2.75) is 13.8 Å². The first-order valence-electron chi connectivity index (χ1n) is 1.95. The smallest absolute Gasteiger partial charge is 0.0866 e. The normalized spacial score (nSPS) is 5.14. The minimum atomic E-state index is -0.250. The molecule has 0 aliphatic carbocycles. The van der Waals surface area contributed by atoms with Gasteiger partial charge in [-0.05, 0) is 13.8 Å². The van der Waals surface area contributed by atoms with Gasteiger partial charge in [0.1, 0.15) is 0 Å². The molecule has 0 saturated heterocycles. The van der Waals surface area contributed by atoms with Gasteiger partial charge < -0.3 is 0 Å². The number of hydrogen-bond donors (Lipinski definition) is 0. The maximum Gasteiger partial charge on any atom is 0.0866 e. The zero-order valence-corrected chi connectivity index (χ0v) is 5.17. The number of hydrogen-bond acceptors (Lipinski definition) is 0. The van der Waals surface area contributed by atoms with Gasteiger partial charge in [-0.3, -0.25) is 8.78 Å². The Kier molecular flexibility index (Phi) is 71.2. The van der Waals surface area contributed by atoms with Gasteiger partial charge in [-0.15, -0.1) is 0 Å². The Hall–Kier alpha value is 0.457. The fourth-order valence-corrected chi connectivity index (χ4v) is 0. The van der Waals surface area contributed by atoms with E-state index in [0.29, 0.717) is 0 Å². The summed E-state index contributed by atoms with van der Waals surface area (Å²) in [6.45, 7) is 2.42. The summed E-state index contributed by atoms with van der Waals surface area (Å²) in [7, 11) is 0. The molecule has 0 nitrogen and oxygen atoms in total. The fourth-order valence-electron chi connectivity index (χ4n) is 0. The standard InChI is InChI=1S/2C2H5F.Li/c2*1-2-3;/h2*2H2,1H3;. The third-order valence-corrected chi connectivity index (χ3v) is 0. The summed E-state index contributed by atoms with van der Waals surface area (Å²) in [6.07, 6.45) is 0. The zero-order chi connectivity index (χ0) is 5.41. The first-order chi connectivity index (χ1) is 2.83. The summed E-state index contributed by atoms with van der Waals surface area (Å²) in [4.78, 5) is 0. The van der Waals surface area contributed by atoms with Crippen molar-refractivity contribution < 1.29 is 8.78 Å². The Bertz CT molecular complexity index is 11.7. The van der Waals surface area contributed by atoms with Crippen LogP contribution in [0.4, 0.5) is 8.78 Å². The van der Waals surface area contributed by atoms with Crippen LogP contribution in [0.25, 0.3) is 0 Å². The molecule has 0 rings (SSSR count). The van der Waals surface area contributed by atoms with E-state index in [2.05, 4.69) is 0 Å². The SMILES string of the molecule is CCF.CCF.[Li]. The van der Waals surface area contributed by atoms with Crippen molar-refractivity contribution in [2.24, 2.45) is 0 Å². The maximum absolute atomic E-state index is 10.3. The molecule has 0 saturated carbocycles. The first-order valence-corrected chi connectivity index (χ1v) is 1.95. The van der Waals surface area contributed by atoms with Crippen LogP contribution in [0.2, 0.25) is 0 Å². The molecule has 0 bridgehead atoms. The van der Waals surface area contributed by atoms with Crippen LogP contribution in [0.3, 0.4) is 0 Å². The van der Waals surface area contributed by atoms with Gasteiger partial charge in [0.2, 0.25) is 0 Å². The van der Waals surface area contributed by atoms with Crippen LogP contribution in [0.5, 0.6) is 0 Å². The summed E-state index contributed by atoms with van der Waals surface area (Å²) in [6, 6.07) is 0. The average molecular weight is 103 g/mol. The summed E-state index contributed by atoms with van der Waals surface area (Å²) >= 11 is 0. The number of alkyl halides is 2. The van der Waals surface area contributed by atoms with E-state index in [9.17, 15) is 8.78 Å². The van der Waals surface area contributed by atoms with Crippen LogP contribution >= 0.6 is 0 Å². The molecule has 0 heterocycles. The van der Waals surface area contributed by atoms with Crippen molar-refractivity contribution in [3.05, 3.63) is 0 Å². The van der Waals surface area contributed by atoms with Crippen LogP contribution in [0.1, 0.15) is 13.8 Å². The van der Waals surface area contributed by atoms with Gasteiger partial charge >= 0.3 is 0 Å². The summed E-state index contributed by atoms with van der Waals surface area (Å²) in [5.41, 5.74) is 0. The third-order valence-electron chi connectivity index (χ3n) is 0. The Balaban J connectivity index is -0.0000000400. The molecule has 0 aliphatic rings. The van der Waals surface area contributed by atoms with Gasteiger partial charge in [-0.2, -0.15) is 0 Å². The average Bonchev–Trinajstić information content (AvgIpc) is 1.39. The van der Waals surface area contributed by atoms with Crippen LogP contribution in [0, 0.1) is 0 Å². The van der Waals surface area contributed by atoms with Gasteiger partial charge in [-0.1, -0.05) is 0 Å². The maximum atomic E-state index is 10.3. The first kappa shape index (κ1) is 15.7. The second-order valence-electron chi connectivity index (χ2n) is 0.535. The van der Waals surface area contributed by atoms with Crippen molar-refractivity contribution in [1.82, 2.24) is 0 Å². The number of rotatable bonds is 0. The van der Waals surface area contributed by atoms with Crippen molar-refractivity contribution in [3.8, 4) is 0 Å². The van der Waals surface area contributed by atoms with E-state index in [1.54, 1.807) is 0 Å². The van der Waals surface area contributed by atoms with E-state index in [1.165, 1.54) is 13.8 Å². The Morgan fingerprint density at radius 1 is 1.00 bits per heavy atom. The van der Waals surface area contributed by atoms with E-state index in [-0.39, 0.29) is 32.2 Å². The van der Waals surface area contributed by atoms with Crippen molar-refractivity contribution in [3.63, 3.8) is 0 Å². The van der Waals surface area contributed by atoms with Crippen molar-refractivity contribution in [2.75, 3.05) is 13.3 Å². The molecule has 0 unspecified atom stereocenters. The molecule has 0 atom stereocenters. The largest absolute Gasteiger partial charge is 0.251 e. The molecular weight excluding hydrogens is 93.0 g/mol. The molecule has 0 aromatic heterocycles. The fraction of sp³-hybridized carbons (Fsp3) is 1.00. The minimum absolute atomic E-state index is 0. The van der Waals surface area contributed by atoms with E-state index >= 15 is 0 Å². The van der Waals surface area contributed by atoms with Crippen LogP contribution in [-0.2, 0) is 0 Å². The molecule has 7 heavy (non-hydrogen) atoms. The van der Waals surface area contributed by atoms with E-state index in [1.807, 2.05) is 0 Å². The topological polar surface area (TPSA) is 0 Å². The molecule has 0 aromatic rings. The summed E-state index contributed by atoms with van der Waals surface area (Å²) in [5.74, 6) is 0. The molecular formula is C4H10F2Li. The number of halogens is 2. The monoisotopic (exact) mass is 103 g/mol. The van der Waals surface area contributed by atoms with Crippen LogP contribution in [0.15, 0.2) is 0 Å². The Morgan fingerprint density at radius 2 is 1.00 bits per heavy atom.